The number of nitrogens with zero attached hydrogens (tertiary/aromatic N) is 3. The molecule has 0 aliphatic carbocycles. The molecule has 0 heterocycles. The van der Waals surface area contributed by atoms with E-state index in [1.165, 1.54) is 0 Å². The van der Waals surface area contributed by atoms with Gasteiger partial charge in [0.25, 0.3) is 15.3 Å². The molecule has 14 nitrogen and oxygen atoms in total. The van der Waals surface area contributed by atoms with Gasteiger partial charge in [0.1, 0.15) is 25.2 Å². The van der Waals surface area contributed by atoms with Gasteiger partial charge in [-0.1, -0.05) is 6.92 Å². The first-order valence-electron chi connectivity index (χ1n) is 5.72. The first-order chi connectivity index (χ1) is 10.2. The largest absolute Gasteiger partial charge is 0.465 e. The minimum Gasteiger partial charge on any atom is -0.465 e. The Bertz CT molecular complexity index is 380. The lowest BCUT2D eigenvalue weighted by molar-refractivity contribution is -0.780. The van der Waals surface area contributed by atoms with Crippen molar-refractivity contribution in [3.63, 3.8) is 0 Å². The first kappa shape index (κ1) is 19.1. The monoisotopic (exact) mass is 327 g/mol. The summed E-state index contributed by atoms with van der Waals surface area (Å²) in [5.74, 6) is -1.22. The van der Waals surface area contributed by atoms with E-state index in [1.54, 1.807) is 6.92 Å². The van der Waals surface area contributed by atoms with Crippen molar-refractivity contribution in [1.29, 1.82) is 0 Å². The van der Waals surface area contributed by atoms with Gasteiger partial charge in [-0.05, 0) is 6.42 Å². The van der Waals surface area contributed by atoms with Crippen molar-refractivity contribution in [1.82, 2.24) is 0 Å². The summed E-state index contributed by atoms with van der Waals surface area (Å²) in [4.78, 5) is 54.6. The molecule has 14 heteroatoms. The van der Waals surface area contributed by atoms with Crippen LogP contribution < -0.4 is 0 Å². The average Bonchev–Trinajstić information content (AvgIpc) is 2.43. The van der Waals surface area contributed by atoms with Crippen molar-refractivity contribution in [2.24, 2.45) is 5.41 Å². The van der Waals surface area contributed by atoms with Crippen LogP contribution in [0.3, 0.4) is 0 Å². The van der Waals surface area contributed by atoms with Gasteiger partial charge in [-0.15, -0.1) is 30.3 Å². The zero-order chi connectivity index (χ0) is 17.2. The van der Waals surface area contributed by atoms with Gasteiger partial charge in [-0.3, -0.25) is 4.79 Å². The van der Waals surface area contributed by atoms with Gasteiger partial charge in [-0.2, -0.15) is 0 Å². The molecule has 0 amide bonds. The normalized spacial score (nSPS) is 10.4. The fourth-order valence-corrected chi connectivity index (χ4v) is 1.18. The third-order valence-electron chi connectivity index (χ3n) is 2.21. The number of carbonyl (C=O) groups is 1. The van der Waals surface area contributed by atoms with E-state index < -0.39 is 46.5 Å². The molecule has 0 bridgehead atoms. The Hall–Kier alpha value is -2.93. The van der Waals surface area contributed by atoms with Gasteiger partial charge < -0.3 is 19.2 Å². The van der Waals surface area contributed by atoms with E-state index in [4.69, 9.17) is 4.74 Å². The predicted molar refractivity (Wildman–Crippen MR) is 62.5 cm³/mol. The molecule has 0 saturated carbocycles. The second-order valence-corrected chi connectivity index (χ2v) is 3.91. The Balaban J connectivity index is 5.24. The van der Waals surface area contributed by atoms with Gasteiger partial charge in [0.2, 0.25) is 0 Å². The van der Waals surface area contributed by atoms with E-state index >= 15 is 0 Å². The third kappa shape index (κ3) is 7.01. The van der Waals surface area contributed by atoms with Gasteiger partial charge in [-0.25, -0.2) is 0 Å². The maximum absolute atomic E-state index is 11.9. The smallest absolute Gasteiger partial charge is 0.318 e. The number of esters is 1. The fraction of sp³-hybridized carbons (Fsp3) is 0.875. The summed E-state index contributed by atoms with van der Waals surface area (Å²) < 4.78 is 4.71. The number of hydrogen-bond acceptors (Lipinski definition) is 11. The highest BCUT2D eigenvalue weighted by atomic mass is 17.0. The summed E-state index contributed by atoms with van der Waals surface area (Å²) in [5.41, 5.74) is -2.25. The summed E-state index contributed by atoms with van der Waals surface area (Å²) in [6, 6.07) is 0. The molecule has 0 unspecified atom stereocenters. The average molecular weight is 327 g/mol. The maximum atomic E-state index is 11.9. The molecular formula is C8H13N3O11. The van der Waals surface area contributed by atoms with E-state index in [-0.39, 0.29) is 6.61 Å². The SMILES string of the molecule is CCCOC(=O)C(CO[N+](=O)[O-])(CO[N+](=O)[O-])CO[N+](=O)[O-]. The molecule has 0 spiro atoms. The molecule has 0 fully saturated rings. The van der Waals surface area contributed by atoms with Crippen LogP contribution in [0.1, 0.15) is 13.3 Å². The zero-order valence-corrected chi connectivity index (χ0v) is 11.4. The van der Waals surface area contributed by atoms with Crippen molar-refractivity contribution in [2.45, 2.75) is 13.3 Å². The Labute approximate surface area is 122 Å². The van der Waals surface area contributed by atoms with Crippen LogP contribution in [-0.2, 0) is 24.0 Å². The molecule has 0 aromatic rings. The maximum Gasteiger partial charge on any atom is 0.318 e. The lowest BCUT2D eigenvalue weighted by Crippen LogP contribution is -2.47. The topological polar surface area (TPSA) is 183 Å². The van der Waals surface area contributed by atoms with Crippen molar-refractivity contribution in [3.05, 3.63) is 30.3 Å². The first-order valence-corrected chi connectivity index (χ1v) is 5.72. The van der Waals surface area contributed by atoms with E-state index in [0.29, 0.717) is 6.42 Å². The Kier molecular flexibility index (Phi) is 7.88. The number of ether oxygens (including phenoxy) is 1. The highest BCUT2D eigenvalue weighted by molar-refractivity contribution is 5.77. The summed E-state index contributed by atoms with van der Waals surface area (Å²) >= 11 is 0. The van der Waals surface area contributed by atoms with Gasteiger partial charge >= 0.3 is 5.97 Å². The Morgan fingerprint density at radius 3 is 1.55 bits per heavy atom. The Morgan fingerprint density at radius 1 is 0.909 bits per heavy atom. The number of hydrogen-bond donors (Lipinski definition) is 0. The van der Waals surface area contributed by atoms with Crippen molar-refractivity contribution < 1.29 is 39.3 Å². The number of carbonyl (C=O) groups excluding carboxylic acids is 1. The molecule has 0 rings (SSSR count). The fourth-order valence-electron chi connectivity index (χ4n) is 1.18. The molecular weight excluding hydrogens is 314 g/mol. The minimum atomic E-state index is -2.25. The molecule has 0 N–H and O–H groups in total. The molecule has 22 heavy (non-hydrogen) atoms. The molecule has 0 aliphatic rings. The Morgan fingerprint density at radius 2 is 1.27 bits per heavy atom. The van der Waals surface area contributed by atoms with Crippen LogP contribution in [0.15, 0.2) is 0 Å². The van der Waals surface area contributed by atoms with E-state index in [0.717, 1.165) is 0 Å². The number of rotatable bonds is 12. The molecule has 0 atom stereocenters. The summed E-state index contributed by atoms with van der Waals surface area (Å²) in [6.07, 6.45) is 0.379. The molecule has 126 valence electrons. The van der Waals surface area contributed by atoms with E-state index in [9.17, 15) is 35.1 Å². The highest BCUT2D eigenvalue weighted by Crippen LogP contribution is 2.22. The van der Waals surface area contributed by atoms with Crippen LogP contribution in [0.4, 0.5) is 0 Å². The standard InChI is InChI=1S/C8H13N3O11/c1-2-3-19-7(12)8(4-20-9(13)14,5-21-10(15)16)6-22-11(17)18/h2-6H2,1H3. The van der Waals surface area contributed by atoms with Gasteiger partial charge in [0.05, 0.1) is 6.61 Å². The third-order valence-corrected chi connectivity index (χ3v) is 2.21. The van der Waals surface area contributed by atoms with Crippen LogP contribution in [-0.4, -0.2) is 47.7 Å². The molecule has 0 aliphatic heterocycles. The van der Waals surface area contributed by atoms with Crippen LogP contribution in [0.5, 0.6) is 0 Å². The quantitative estimate of drug-likeness (QED) is 0.257. The second kappa shape index (κ2) is 9.09. The van der Waals surface area contributed by atoms with Crippen molar-refractivity contribution in [3.8, 4) is 0 Å². The molecule has 0 aromatic heterocycles. The molecule has 0 aromatic carbocycles. The van der Waals surface area contributed by atoms with Gasteiger partial charge in [0.15, 0.2) is 0 Å². The van der Waals surface area contributed by atoms with Crippen LogP contribution in [0, 0.1) is 35.8 Å². The lowest BCUT2D eigenvalue weighted by Gasteiger charge is -2.27. The van der Waals surface area contributed by atoms with Crippen molar-refractivity contribution in [2.75, 3.05) is 26.4 Å². The van der Waals surface area contributed by atoms with Crippen LogP contribution in [0.2, 0.25) is 0 Å². The zero-order valence-electron chi connectivity index (χ0n) is 11.4. The predicted octanol–water partition coefficient (Wildman–Crippen LogP) is -0.449. The second-order valence-electron chi connectivity index (χ2n) is 3.91. The van der Waals surface area contributed by atoms with Crippen LogP contribution in [0.25, 0.3) is 0 Å². The summed E-state index contributed by atoms with van der Waals surface area (Å²) in [5, 5.41) is 26.9. The van der Waals surface area contributed by atoms with Crippen molar-refractivity contribution >= 4 is 5.97 Å². The van der Waals surface area contributed by atoms with Gasteiger partial charge in [0, 0.05) is 0 Å². The lowest BCUT2D eigenvalue weighted by atomic mass is 9.91. The van der Waals surface area contributed by atoms with E-state index in [2.05, 4.69) is 14.5 Å². The minimum absolute atomic E-state index is 0.115. The van der Waals surface area contributed by atoms with E-state index in [1.807, 2.05) is 0 Å². The summed E-state index contributed by atoms with van der Waals surface area (Å²) in [6.45, 7) is -1.71. The van der Waals surface area contributed by atoms with Crippen LogP contribution >= 0.6 is 0 Å². The molecule has 0 saturated heterocycles. The highest BCUT2D eigenvalue weighted by Gasteiger charge is 2.44. The summed E-state index contributed by atoms with van der Waals surface area (Å²) in [7, 11) is 0. The molecule has 0 radical (unpaired) electrons.